The van der Waals surface area contributed by atoms with Gasteiger partial charge in [0.05, 0.1) is 0 Å². The topological polar surface area (TPSA) is 67.4 Å². The molecule has 0 fully saturated rings. The van der Waals surface area contributed by atoms with Crippen molar-refractivity contribution in [3.05, 3.63) is 90.0 Å². The molecule has 3 rings (SSSR count). The smallest absolute Gasteiger partial charge is 0.255 e. The fourth-order valence-electron chi connectivity index (χ4n) is 2.56. The lowest BCUT2D eigenvalue weighted by molar-refractivity contribution is -0.118. The highest BCUT2D eigenvalue weighted by Crippen LogP contribution is 2.16. The van der Waals surface area contributed by atoms with Gasteiger partial charge in [-0.3, -0.25) is 9.59 Å². The highest BCUT2D eigenvalue weighted by molar-refractivity contribution is 6.04. The zero-order valence-corrected chi connectivity index (χ0v) is 16.5. The van der Waals surface area contributed by atoms with Crippen LogP contribution in [0, 0.1) is 5.92 Å². The van der Waals surface area contributed by atoms with E-state index in [0.717, 1.165) is 11.3 Å². The lowest BCUT2D eigenvalue weighted by atomic mass is 10.1. The molecule has 5 heteroatoms. The molecular formula is C24H24N2O3. The number of rotatable bonds is 7. The molecule has 0 heterocycles. The number of amides is 2. The van der Waals surface area contributed by atoms with E-state index in [0.29, 0.717) is 23.5 Å². The van der Waals surface area contributed by atoms with Crippen LogP contribution in [0.3, 0.4) is 0 Å². The molecule has 2 N–H and O–H groups in total. The van der Waals surface area contributed by atoms with Gasteiger partial charge in [-0.05, 0) is 54.1 Å². The van der Waals surface area contributed by atoms with Crippen LogP contribution in [-0.4, -0.2) is 11.8 Å². The van der Waals surface area contributed by atoms with E-state index in [1.165, 1.54) is 0 Å². The van der Waals surface area contributed by atoms with Gasteiger partial charge in [0.15, 0.2) is 0 Å². The highest BCUT2D eigenvalue weighted by atomic mass is 16.5. The van der Waals surface area contributed by atoms with Crippen molar-refractivity contribution in [3.8, 4) is 5.75 Å². The van der Waals surface area contributed by atoms with E-state index < -0.39 is 0 Å². The second-order valence-corrected chi connectivity index (χ2v) is 6.97. The zero-order valence-electron chi connectivity index (χ0n) is 16.5. The number of ether oxygens (including phenoxy) is 1. The Bertz CT molecular complexity index is 950. The Morgan fingerprint density at radius 2 is 1.38 bits per heavy atom. The lowest BCUT2D eigenvalue weighted by Gasteiger charge is -2.10. The molecule has 0 aliphatic carbocycles. The first kappa shape index (κ1) is 20.1. The number of benzene rings is 3. The zero-order chi connectivity index (χ0) is 20.6. The van der Waals surface area contributed by atoms with Gasteiger partial charge < -0.3 is 15.4 Å². The van der Waals surface area contributed by atoms with Gasteiger partial charge in [-0.15, -0.1) is 0 Å². The van der Waals surface area contributed by atoms with E-state index in [-0.39, 0.29) is 17.7 Å². The maximum atomic E-state index is 12.4. The molecule has 0 saturated heterocycles. The molecule has 0 aliphatic rings. The van der Waals surface area contributed by atoms with Gasteiger partial charge in [-0.1, -0.05) is 44.2 Å². The van der Waals surface area contributed by atoms with Crippen molar-refractivity contribution in [3.63, 3.8) is 0 Å². The average molecular weight is 388 g/mol. The van der Waals surface area contributed by atoms with Crippen LogP contribution < -0.4 is 15.4 Å². The number of hydrogen-bond acceptors (Lipinski definition) is 3. The largest absolute Gasteiger partial charge is 0.489 e. The molecule has 5 nitrogen and oxygen atoms in total. The van der Waals surface area contributed by atoms with Crippen LogP contribution in [0.1, 0.15) is 29.8 Å². The summed E-state index contributed by atoms with van der Waals surface area (Å²) in [5.74, 6) is 0.482. The summed E-state index contributed by atoms with van der Waals surface area (Å²) in [7, 11) is 0. The standard InChI is InChI=1S/C24H24N2O3/c1-17(2)23(27)25-20-12-14-21(15-13-20)26-24(28)19-10-8-18(9-11-19)16-29-22-6-4-3-5-7-22/h3-15,17H,16H2,1-2H3,(H,25,27)(H,26,28). The molecule has 0 unspecified atom stereocenters. The van der Waals surface area contributed by atoms with Gasteiger partial charge >= 0.3 is 0 Å². The third-order valence-corrected chi connectivity index (χ3v) is 4.30. The number of hydrogen-bond donors (Lipinski definition) is 2. The Balaban J connectivity index is 1.54. The molecule has 29 heavy (non-hydrogen) atoms. The molecule has 0 radical (unpaired) electrons. The first-order chi connectivity index (χ1) is 14.0. The van der Waals surface area contributed by atoms with Gasteiger partial charge in [0.1, 0.15) is 12.4 Å². The second-order valence-electron chi connectivity index (χ2n) is 6.97. The molecule has 0 bridgehead atoms. The molecule has 3 aromatic carbocycles. The van der Waals surface area contributed by atoms with Crippen LogP contribution in [0.5, 0.6) is 5.75 Å². The van der Waals surface area contributed by atoms with E-state index in [1.807, 2.05) is 56.3 Å². The van der Waals surface area contributed by atoms with Crippen molar-refractivity contribution in [2.45, 2.75) is 20.5 Å². The Hall–Kier alpha value is -3.60. The predicted octanol–water partition coefficient (Wildman–Crippen LogP) is 5.11. The molecule has 0 aromatic heterocycles. The van der Waals surface area contributed by atoms with E-state index in [2.05, 4.69) is 10.6 Å². The second kappa shape index (κ2) is 9.55. The maximum absolute atomic E-state index is 12.4. The molecular weight excluding hydrogens is 364 g/mol. The summed E-state index contributed by atoms with van der Waals surface area (Å²) in [6, 6.07) is 23.9. The minimum atomic E-state index is -0.195. The number of nitrogens with one attached hydrogen (secondary N) is 2. The fourth-order valence-corrected chi connectivity index (χ4v) is 2.56. The van der Waals surface area contributed by atoms with Crippen LogP contribution in [0.25, 0.3) is 0 Å². The van der Waals surface area contributed by atoms with E-state index in [9.17, 15) is 9.59 Å². The van der Waals surface area contributed by atoms with E-state index in [4.69, 9.17) is 4.74 Å². The Labute approximate surface area is 170 Å². The van der Waals surface area contributed by atoms with Crippen LogP contribution in [0.2, 0.25) is 0 Å². The molecule has 2 amide bonds. The summed E-state index contributed by atoms with van der Waals surface area (Å²) < 4.78 is 5.71. The van der Waals surface area contributed by atoms with Gasteiger partial charge in [-0.25, -0.2) is 0 Å². The molecule has 0 saturated carbocycles. The predicted molar refractivity (Wildman–Crippen MR) is 115 cm³/mol. The van der Waals surface area contributed by atoms with Gasteiger partial charge in [0.25, 0.3) is 5.91 Å². The van der Waals surface area contributed by atoms with Gasteiger partial charge in [0.2, 0.25) is 5.91 Å². The van der Waals surface area contributed by atoms with Gasteiger partial charge in [0, 0.05) is 22.9 Å². The van der Waals surface area contributed by atoms with Crippen molar-refractivity contribution in [2.24, 2.45) is 5.92 Å². The number of para-hydroxylation sites is 1. The fraction of sp³-hybridized carbons (Fsp3) is 0.167. The van der Waals surface area contributed by atoms with E-state index in [1.54, 1.807) is 36.4 Å². The summed E-state index contributed by atoms with van der Waals surface area (Å²) in [4.78, 5) is 24.2. The minimum Gasteiger partial charge on any atom is -0.489 e. The number of carbonyl (C=O) groups excluding carboxylic acids is 2. The van der Waals surface area contributed by atoms with Crippen LogP contribution in [0.4, 0.5) is 11.4 Å². The SMILES string of the molecule is CC(C)C(=O)Nc1ccc(NC(=O)c2ccc(COc3ccccc3)cc2)cc1. The third kappa shape index (κ3) is 5.94. The molecule has 0 atom stereocenters. The quantitative estimate of drug-likeness (QED) is 0.591. The maximum Gasteiger partial charge on any atom is 0.255 e. The summed E-state index contributed by atoms with van der Waals surface area (Å²) in [6.45, 7) is 4.11. The lowest BCUT2D eigenvalue weighted by Crippen LogP contribution is -2.17. The van der Waals surface area contributed by atoms with Crippen molar-refractivity contribution in [2.75, 3.05) is 10.6 Å². The number of carbonyl (C=O) groups is 2. The Morgan fingerprint density at radius 1 is 0.793 bits per heavy atom. The Morgan fingerprint density at radius 3 is 1.97 bits per heavy atom. The van der Waals surface area contributed by atoms with E-state index >= 15 is 0 Å². The first-order valence-electron chi connectivity index (χ1n) is 9.50. The molecule has 0 spiro atoms. The third-order valence-electron chi connectivity index (χ3n) is 4.30. The normalized spacial score (nSPS) is 10.4. The van der Waals surface area contributed by atoms with Crippen LogP contribution in [-0.2, 0) is 11.4 Å². The summed E-state index contributed by atoms with van der Waals surface area (Å²) in [5, 5.41) is 5.68. The monoisotopic (exact) mass is 388 g/mol. The summed E-state index contributed by atoms with van der Waals surface area (Å²) in [6.07, 6.45) is 0. The summed E-state index contributed by atoms with van der Waals surface area (Å²) >= 11 is 0. The minimum absolute atomic E-state index is 0.0434. The Kier molecular flexibility index (Phi) is 6.63. The van der Waals surface area contributed by atoms with Crippen molar-refractivity contribution < 1.29 is 14.3 Å². The molecule has 3 aromatic rings. The summed E-state index contributed by atoms with van der Waals surface area (Å²) in [5.41, 5.74) is 2.90. The van der Waals surface area contributed by atoms with Crippen LogP contribution >= 0.6 is 0 Å². The van der Waals surface area contributed by atoms with Crippen molar-refractivity contribution >= 4 is 23.2 Å². The average Bonchev–Trinajstić information content (AvgIpc) is 2.74. The number of anilines is 2. The first-order valence-corrected chi connectivity index (χ1v) is 9.50. The molecule has 0 aliphatic heterocycles. The molecule has 148 valence electrons. The van der Waals surface area contributed by atoms with Crippen molar-refractivity contribution in [1.82, 2.24) is 0 Å². The van der Waals surface area contributed by atoms with Gasteiger partial charge in [-0.2, -0.15) is 0 Å². The highest BCUT2D eigenvalue weighted by Gasteiger charge is 2.09. The van der Waals surface area contributed by atoms with Crippen molar-refractivity contribution in [1.29, 1.82) is 0 Å². The van der Waals surface area contributed by atoms with Crippen LogP contribution in [0.15, 0.2) is 78.9 Å².